The van der Waals surface area contributed by atoms with Crippen molar-refractivity contribution in [1.82, 2.24) is 0 Å². The molecule has 0 unspecified atom stereocenters. The van der Waals surface area contributed by atoms with Crippen LogP contribution < -0.4 is 10.1 Å². The highest BCUT2D eigenvalue weighted by atomic mass is 16.5. The van der Waals surface area contributed by atoms with Crippen LogP contribution in [0, 0.1) is 0 Å². The number of anilines is 1. The zero-order chi connectivity index (χ0) is 12.5. The quantitative estimate of drug-likeness (QED) is 0.806. The van der Waals surface area contributed by atoms with E-state index in [1.54, 1.807) is 12.1 Å². The summed E-state index contributed by atoms with van der Waals surface area (Å²) in [5.74, 6) is 0.760. The van der Waals surface area contributed by atoms with Gasteiger partial charge in [-0.15, -0.1) is 0 Å². The Morgan fingerprint density at radius 2 is 1.78 bits per heavy atom. The summed E-state index contributed by atoms with van der Waals surface area (Å²) < 4.78 is 5.29. The topological polar surface area (TPSA) is 58.6 Å². The van der Waals surface area contributed by atoms with Crippen LogP contribution >= 0.6 is 0 Å². The SMILES string of the molecule is O=C1COc2ccc(-c3ccc(O)cc3)cc2N1. The van der Waals surface area contributed by atoms with E-state index in [0.717, 1.165) is 11.1 Å². The van der Waals surface area contributed by atoms with Crippen molar-refractivity contribution in [1.29, 1.82) is 0 Å². The van der Waals surface area contributed by atoms with E-state index in [1.165, 1.54) is 0 Å². The van der Waals surface area contributed by atoms with Crippen molar-refractivity contribution in [3.8, 4) is 22.6 Å². The van der Waals surface area contributed by atoms with Crippen molar-refractivity contribution in [3.05, 3.63) is 42.5 Å². The van der Waals surface area contributed by atoms with Gasteiger partial charge in [0.2, 0.25) is 0 Å². The summed E-state index contributed by atoms with van der Waals surface area (Å²) >= 11 is 0. The summed E-state index contributed by atoms with van der Waals surface area (Å²) in [6, 6.07) is 12.5. The molecule has 0 bridgehead atoms. The van der Waals surface area contributed by atoms with E-state index in [1.807, 2.05) is 30.3 Å². The summed E-state index contributed by atoms with van der Waals surface area (Å²) in [4.78, 5) is 11.2. The van der Waals surface area contributed by atoms with Crippen molar-refractivity contribution in [3.63, 3.8) is 0 Å². The van der Waals surface area contributed by atoms with Gasteiger partial charge in [-0.05, 0) is 35.4 Å². The summed E-state index contributed by atoms with van der Waals surface area (Å²) in [7, 11) is 0. The summed E-state index contributed by atoms with van der Waals surface area (Å²) in [5.41, 5.74) is 2.60. The van der Waals surface area contributed by atoms with E-state index < -0.39 is 0 Å². The van der Waals surface area contributed by atoms with E-state index in [-0.39, 0.29) is 18.3 Å². The van der Waals surface area contributed by atoms with Crippen LogP contribution in [0.2, 0.25) is 0 Å². The molecule has 90 valence electrons. The van der Waals surface area contributed by atoms with Crippen LogP contribution in [0.15, 0.2) is 42.5 Å². The predicted octanol–water partition coefficient (Wildman–Crippen LogP) is 2.39. The molecule has 0 saturated heterocycles. The van der Waals surface area contributed by atoms with Crippen molar-refractivity contribution < 1.29 is 14.6 Å². The molecule has 1 aliphatic heterocycles. The molecule has 2 aromatic carbocycles. The van der Waals surface area contributed by atoms with Crippen molar-refractivity contribution in [2.24, 2.45) is 0 Å². The lowest BCUT2D eigenvalue weighted by Gasteiger charge is -2.18. The minimum Gasteiger partial charge on any atom is -0.508 e. The smallest absolute Gasteiger partial charge is 0.262 e. The van der Waals surface area contributed by atoms with Gasteiger partial charge in [-0.2, -0.15) is 0 Å². The van der Waals surface area contributed by atoms with Crippen LogP contribution in [0.5, 0.6) is 11.5 Å². The molecule has 0 radical (unpaired) electrons. The Morgan fingerprint density at radius 3 is 2.56 bits per heavy atom. The molecule has 3 rings (SSSR count). The maximum absolute atomic E-state index is 11.2. The first-order valence-electron chi connectivity index (χ1n) is 5.58. The molecule has 0 aromatic heterocycles. The highest BCUT2D eigenvalue weighted by Crippen LogP contribution is 2.32. The van der Waals surface area contributed by atoms with Gasteiger partial charge >= 0.3 is 0 Å². The van der Waals surface area contributed by atoms with Crippen LogP contribution in [0.1, 0.15) is 0 Å². The van der Waals surface area contributed by atoms with E-state index in [0.29, 0.717) is 11.4 Å². The molecule has 0 aliphatic carbocycles. The van der Waals surface area contributed by atoms with E-state index >= 15 is 0 Å². The van der Waals surface area contributed by atoms with E-state index in [2.05, 4.69) is 5.32 Å². The largest absolute Gasteiger partial charge is 0.508 e. The highest BCUT2D eigenvalue weighted by molar-refractivity contribution is 5.96. The number of amides is 1. The normalized spacial score (nSPS) is 13.4. The molecule has 2 aromatic rings. The van der Waals surface area contributed by atoms with Gasteiger partial charge in [0.1, 0.15) is 11.5 Å². The number of carbonyl (C=O) groups is 1. The maximum Gasteiger partial charge on any atom is 0.262 e. The Morgan fingerprint density at radius 1 is 1.06 bits per heavy atom. The van der Waals surface area contributed by atoms with Crippen LogP contribution in [0.25, 0.3) is 11.1 Å². The fraction of sp³-hybridized carbons (Fsp3) is 0.0714. The number of carbonyl (C=O) groups excluding carboxylic acids is 1. The van der Waals surface area contributed by atoms with Crippen molar-refractivity contribution in [2.75, 3.05) is 11.9 Å². The number of aromatic hydroxyl groups is 1. The Bertz CT molecular complexity index is 605. The zero-order valence-electron chi connectivity index (χ0n) is 9.51. The Balaban J connectivity index is 2.01. The molecular weight excluding hydrogens is 230 g/mol. The van der Waals surface area contributed by atoms with Gasteiger partial charge in [0.25, 0.3) is 5.91 Å². The molecule has 0 fully saturated rings. The standard InChI is InChI=1S/C14H11NO3/c16-11-4-1-9(2-5-11)10-3-6-13-12(7-10)15-14(17)8-18-13/h1-7,16H,8H2,(H,15,17). The molecular formula is C14H11NO3. The maximum atomic E-state index is 11.2. The first-order chi connectivity index (χ1) is 8.72. The second-order valence-corrected chi connectivity index (χ2v) is 4.09. The second kappa shape index (κ2) is 4.07. The third kappa shape index (κ3) is 1.88. The van der Waals surface area contributed by atoms with Gasteiger partial charge in [-0.1, -0.05) is 18.2 Å². The number of fused-ring (bicyclic) bond motifs is 1. The van der Waals surface area contributed by atoms with Gasteiger partial charge in [0, 0.05) is 0 Å². The Hall–Kier alpha value is -2.49. The first kappa shape index (κ1) is 10.7. The molecule has 1 aliphatic rings. The summed E-state index contributed by atoms with van der Waals surface area (Å²) in [6.07, 6.45) is 0. The predicted molar refractivity (Wildman–Crippen MR) is 67.7 cm³/mol. The average molecular weight is 241 g/mol. The van der Waals surface area contributed by atoms with Gasteiger partial charge in [-0.3, -0.25) is 4.79 Å². The molecule has 1 heterocycles. The third-order valence-corrected chi connectivity index (χ3v) is 2.81. The first-order valence-corrected chi connectivity index (χ1v) is 5.58. The monoisotopic (exact) mass is 241 g/mol. The molecule has 4 nitrogen and oxygen atoms in total. The van der Waals surface area contributed by atoms with E-state index in [4.69, 9.17) is 4.74 Å². The molecule has 0 spiro atoms. The molecule has 4 heteroatoms. The third-order valence-electron chi connectivity index (χ3n) is 2.81. The molecule has 0 atom stereocenters. The highest BCUT2D eigenvalue weighted by Gasteiger charge is 2.16. The minimum atomic E-state index is -0.148. The van der Waals surface area contributed by atoms with E-state index in [9.17, 15) is 9.90 Å². The van der Waals surface area contributed by atoms with Gasteiger partial charge in [0.15, 0.2) is 6.61 Å². The fourth-order valence-corrected chi connectivity index (χ4v) is 1.92. The minimum absolute atomic E-state index is 0.0611. The number of benzene rings is 2. The lowest BCUT2D eigenvalue weighted by molar-refractivity contribution is -0.118. The number of hydrogen-bond acceptors (Lipinski definition) is 3. The van der Waals surface area contributed by atoms with Crippen molar-refractivity contribution in [2.45, 2.75) is 0 Å². The summed E-state index contributed by atoms with van der Waals surface area (Å²) in [6.45, 7) is 0.0611. The Kier molecular flexibility index (Phi) is 2.41. The number of phenolic OH excluding ortho intramolecular Hbond substituents is 1. The second-order valence-electron chi connectivity index (χ2n) is 4.09. The van der Waals surface area contributed by atoms with Crippen LogP contribution in [-0.4, -0.2) is 17.6 Å². The molecule has 18 heavy (non-hydrogen) atoms. The molecule has 0 saturated carbocycles. The number of phenols is 1. The summed E-state index contributed by atoms with van der Waals surface area (Å²) in [5, 5.41) is 12.0. The number of nitrogens with one attached hydrogen (secondary N) is 1. The van der Waals surface area contributed by atoms with Crippen LogP contribution in [-0.2, 0) is 4.79 Å². The number of rotatable bonds is 1. The van der Waals surface area contributed by atoms with Crippen LogP contribution in [0.4, 0.5) is 5.69 Å². The Labute approximate surface area is 104 Å². The molecule has 2 N–H and O–H groups in total. The van der Waals surface area contributed by atoms with Gasteiger partial charge in [-0.25, -0.2) is 0 Å². The van der Waals surface area contributed by atoms with Gasteiger partial charge in [0.05, 0.1) is 5.69 Å². The van der Waals surface area contributed by atoms with Crippen LogP contribution in [0.3, 0.4) is 0 Å². The lowest BCUT2D eigenvalue weighted by Crippen LogP contribution is -2.25. The molecule has 1 amide bonds. The lowest BCUT2D eigenvalue weighted by atomic mass is 10.0. The fourth-order valence-electron chi connectivity index (χ4n) is 1.92. The van der Waals surface area contributed by atoms with Crippen molar-refractivity contribution >= 4 is 11.6 Å². The van der Waals surface area contributed by atoms with Gasteiger partial charge < -0.3 is 15.2 Å². The average Bonchev–Trinajstić information content (AvgIpc) is 2.38. The number of hydrogen-bond donors (Lipinski definition) is 2. The number of ether oxygens (including phenoxy) is 1. The zero-order valence-corrected chi connectivity index (χ0v) is 9.51.